The molecule has 0 atom stereocenters. The van der Waals surface area contributed by atoms with Crippen molar-refractivity contribution in [1.82, 2.24) is 10.6 Å². The molecule has 0 aliphatic heterocycles. The van der Waals surface area contributed by atoms with Crippen LogP contribution in [-0.4, -0.2) is 40.8 Å². The summed E-state index contributed by atoms with van der Waals surface area (Å²) < 4.78 is 35.1. The molecule has 2 aromatic carbocycles. The molecule has 30 heavy (non-hydrogen) atoms. The van der Waals surface area contributed by atoms with E-state index in [-0.39, 0.29) is 36.3 Å². The van der Waals surface area contributed by atoms with Crippen LogP contribution >= 0.6 is 24.0 Å². The fraction of sp³-hybridized carbons (Fsp3) is 0.381. The summed E-state index contributed by atoms with van der Waals surface area (Å²) in [7, 11) is 7.17. The molecule has 2 aromatic rings. The number of ether oxygens (including phenoxy) is 2. The average molecular weight is 534 g/mol. The third-order valence-electron chi connectivity index (χ3n) is 4.32. The smallest absolute Gasteiger partial charge is 0.387 e. The Morgan fingerprint density at radius 3 is 2.30 bits per heavy atom. The van der Waals surface area contributed by atoms with Crippen LogP contribution in [-0.2, 0) is 13.1 Å². The van der Waals surface area contributed by atoms with Gasteiger partial charge in [0.25, 0.3) is 0 Å². The predicted octanol–water partition coefficient (Wildman–Crippen LogP) is 4.15. The van der Waals surface area contributed by atoms with E-state index in [9.17, 15) is 8.78 Å². The van der Waals surface area contributed by atoms with E-state index in [1.807, 2.05) is 14.1 Å². The molecule has 9 heteroatoms. The molecule has 0 spiro atoms. The summed E-state index contributed by atoms with van der Waals surface area (Å²) in [5.74, 6) is 1.19. The van der Waals surface area contributed by atoms with Crippen molar-refractivity contribution in [2.45, 2.75) is 26.6 Å². The Labute approximate surface area is 193 Å². The van der Waals surface area contributed by atoms with Crippen molar-refractivity contribution in [3.05, 3.63) is 53.1 Å². The van der Waals surface area contributed by atoms with Crippen LogP contribution in [0.1, 0.15) is 16.7 Å². The van der Waals surface area contributed by atoms with Gasteiger partial charge in [-0.3, -0.25) is 4.99 Å². The quantitative estimate of drug-likeness (QED) is 0.303. The molecule has 0 heterocycles. The van der Waals surface area contributed by atoms with Crippen molar-refractivity contribution in [2.24, 2.45) is 4.99 Å². The first-order chi connectivity index (χ1) is 13.8. The van der Waals surface area contributed by atoms with Crippen LogP contribution in [0.4, 0.5) is 14.5 Å². The number of rotatable bonds is 8. The van der Waals surface area contributed by atoms with Crippen LogP contribution < -0.4 is 25.0 Å². The number of methoxy groups -OCH3 is 1. The van der Waals surface area contributed by atoms with Gasteiger partial charge in [-0.15, -0.1) is 24.0 Å². The third-order valence-corrected chi connectivity index (χ3v) is 4.32. The zero-order valence-corrected chi connectivity index (χ0v) is 20.2. The minimum Gasteiger partial charge on any atom is -0.497 e. The molecule has 6 nitrogen and oxygen atoms in total. The zero-order chi connectivity index (χ0) is 21.4. The molecule has 2 N–H and O–H groups in total. The molecule has 0 bridgehead atoms. The van der Waals surface area contributed by atoms with Gasteiger partial charge >= 0.3 is 6.61 Å². The van der Waals surface area contributed by atoms with Gasteiger partial charge in [-0.1, -0.05) is 12.1 Å². The van der Waals surface area contributed by atoms with Crippen molar-refractivity contribution in [1.29, 1.82) is 0 Å². The lowest BCUT2D eigenvalue weighted by Gasteiger charge is -2.20. The van der Waals surface area contributed by atoms with E-state index in [0.29, 0.717) is 23.8 Å². The lowest BCUT2D eigenvalue weighted by molar-refractivity contribution is -0.0504. The summed E-state index contributed by atoms with van der Waals surface area (Å²) in [5, 5.41) is 6.38. The molecule has 0 saturated heterocycles. The van der Waals surface area contributed by atoms with E-state index in [0.717, 1.165) is 11.3 Å². The van der Waals surface area contributed by atoms with Crippen molar-refractivity contribution < 1.29 is 18.3 Å². The molecule has 0 amide bonds. The van der Waals surface area contributed by atoms with Crippen molar-refractivity contribution in [2.75, 3.05) is 33.2 Å². The summed E-state index contributed by atoms with van der Waals surface area (Å²) in [5.41, 5.74) is 3.96. The van der Waals surface area contributed by atoms with Gasteiger partial charge in [-0.25, -0.2) is 0 Å². The molecule has 2 rings (SSSR count). The lowest BCUT2D eigenvalue weighted by atomic mass is 10.1. The highest BCUT2D eigenvalue weighted by Gasteiger charge is 2.12. The third kappa shape index (κ3) is 7.51. The first kappa shape index (κ1) is 25.7. The molecular formula is C21H29F2IN4O2. The number of aliphatic imine (C=N–C) groups is 1. The van der Waals surface area contributed by atoms with Crippen LogP contribution in [0.15, 0.2) is 41.4 Å². The normalized spacial score (nSPS) is 11.0. The van der Waals surface area contributed by atoms with E-state index >= 15 is 0 Å². The summed E-state index contributed by atoms with van der Waals surface area (Å²) in [6.45, 7) is -0.0393. The van der Waals surface area contributed by atoms with Crippen LogP contribution in [0.5, 0.6) is 11.5 Å². The van der Waals surface area contributed by atoms with Gasteiger partial charge < -0.3 is 25.0 Å². The first-order valence-electron chi connectivity index (χ1n) is 9.17. The topological polar surface area (TPSA) is 58.1 Å². The molecule has 0 radical (unpaired) electrons. The molecule has 0 aliphatic carbocycles. The Kier molecular flexibility index (Phi) is 10.6. The Hall–Kier alpha value is -2.30. The van der Waals surface area contributed by atoms with E-state index in [2.05, 4.69) is 50.4 Å². The summed E-state index contributed by atoms with van der Waals surface area (Å²) >= 11 is 0. The van der Waals surface area contributed by atoms with Gasteiger partial charge in [0.1, 0.15) is 11.5 Å². The maximum atomic E-state index is 12.7. The number of halogens is 3. The van der Waals surface area contributed by atoms with Crippen LogP contribution in [0.3, 0.4) is 0 Å². The predicted molar refractivity (Wildman–Crippen MR) is 128 cm³/mol. The fourth-order valence-corrected chi connectivity index (χ4v) is 2.85. The largest absolute Gasteiger partial charge is 0.497 e. The zero-order valence-electron chi connectivity index (χ0n) is 17.8. The molecule has 0 aliphatic rings. The van der Waals surface area contributed by atoms with Gasteiger partial charge in [-0.2, -0.15) is 8.78 Å². The maximum absolute atomic E-state index is 12.7. The number of nitrogens with one attached hydrogen (secondary N) is 2. The van der Waals surface area contributed by atoms with E-state index < -0.39 is 6.61 Å². The van der Waals surface area contributed by atoms with E-state index in [4.69, 9.17) is 4.74 Å². The SMILES string of the molecule is CN=C(NCc1cc(OC)ccc1OC(F)F)NCc1ccc(C)cc1N(C)C.I. The Morgan fingerprint density at radius 2 is 1.73 bits per heavy atom. The standard InChI is InChI=1S/C21H28F2N4O2.HI/c1-14-6-7-15(18(10-14)27(3)4)12-25-21(24-2)26-13-16-11-17(28-5)8-9-19(16)29-20(22)23;/h6-11,20H,12-13H2,1-5H3,(H2,24,25,26);1H. The monoisotopic (exact) mass is 534 g/mol. The minimum atomic E-state index is -2.90. The summed E-state index contributed by atoms with van der Waals surface area (Å²) in [6, 6.07) is 11.0. The van der Waals surface area contributed by atoms with Crippen molar-refractivity contribution in [3.63, 3.8) is 0 Å². The van der Waals surface area contributed by atoms with Crippen LogP contribution in [0.2, 0.25) is 0 Å². The van der Waals surface area contributed by atoms with Gasteiger partial charge in [0.2, 0.25) is 0 Å². The van der Waals surface area contributed by atoms with Crippen molar-refractivity contribution >= 4 is 35.6 Å². The lowest BCUT2D eigenvalue weighted by Crippen LogP contribution is -2.36. The summed E-state index contributed by atoms with van der Waals surface area (Å²) in [4.78, 5) is 6.26. The summed E-state index contributed by atoms with van der Waals surface area (Å²) in [6.07, 6.45) is 0. The average Bonchev–Trinajstić information content (AvgIpc) is 2.69. The second kappa shape index (κ2) is 12.4. The highest BCUT2D eigenvalue weighted by atomic mass is 127. The molecule has 166 valence electrons. The first-order valence-corrected chi connectivity index (χ1v) is 9.17. The number of hydrogen-bond donors (Lipinski definition) is 2. The highest BCUT2D eigenvalue weighted by Crippen LogP contribution is 2.25. The molecule has 0 saturated carbocycles. The van der Waals surface area contributed by atoms with Gasteiger partial charge in [0.05, 0.1) is 7.11 Å². The minimum absolute atomic E-state index is 0. The van der Waals surface area contributed by atoms with E-state index in [1.165, 1.54) is 18.7 Å². The maximum Gasteiger partial charge on any atom is 0.387 e. The molecular weight excluding hydrogens is 505 g/mol. The number of nitrogens with zero attached hydrogens (tertiary/aromatic N) is 2. The number of anilines is 1. The van der Waals surface area contributed by atoms with Crippen LogP contribution in [0.25, 0.3) is 0 Å². The second-order valence-electron chi connectivity index (χ2n) is 6.66. The number of benzene rings is 2. The second-order valence-corrected chi connectivity index (χ2v) is 6.66. The number of alkyl halides is 2. The van der Waals surface area contributed by atoms with Gasteiger partial charge in [0.15, 0.2) is 5.96 Å². The Balaban J connectivity index is 0.00000450. The fourth-order valence-electron chi connectivity index (χ4n) is 2.85. The van der Waals surface area contributed by atoms with Gasteiger partial charge in [0, 0.05) is 45.5 Å². The number of hydrogen-bond acceptors (Lipinski definition) is 4. The van der Waals surface area contributed by atoms with Crippen LogP contribution in [0, 0.1) is 6.92 Å². The highest BCUT2D eigenvalue weighted by molar-refractivity contribution is 14.0. The number of aryl methyl sites for hydroxylation is 1. The Bertz CT molecular complexity index is 848. The molecule has 0 unspecified atom stereocenters. The van der Waals surface area contributed by atoms with E-state index in [1.54, 1.807) is 19.2 Å². The number of guanidine groups is 1. The van der Waals surface area contributed by atoms with Crippen molar-refractivity contribution in [3.8, 4) is 11.5 Å². The van der Waals surface area contributed by atoms with Gasteiger partial charge in [-0.05, 0) is 42.3 Å². The Morgan fingerprint density at radius 1 is 1.07 bits per heavy atom. The molecule has 0 aromatic heterocycles. The molecule has 0 fully saturated rings.